The van der Waals surface area contributed by atoms with Crippen molar-refractivity contribution in [2.75, 3.05) is 19.8 Å². The highest BCUT2D eigenvalue weighted by atomic mass is 16.5. The van der Waals surface area contributed by atoms with E-state index in [0.717, 1.165) is 6.42 Å². The van der Waals surface area contributed by atoms with Crippen LogP contribution in [0.2, 0.25) is 0 Å². The first kappa shape index (κ1) is 17.9. The smallest absolute Gasteiger partial charge is 0.251 e. The molecule has 0 spiro atoms. The van der Waals surface area contributed by atoms with Crippen LogP contribution in [0.25, 0.3) is 0 Å². The van der Waals surface area contributed by atoms with E-state index in [4.69, 9.17) is 9.47 Å². The van der Waals surface area contributed by atoms with Crippen molar-refractivity contribution in [3.8, 4) is 5.75 Å². The SMILES string of the molecule is CCOCCCNC(=O)c1ccc(OCc2nnnn2CC)cc1. The molecule has 1 N–H and O–H groups in total. The van der Waals surface area contributed by atoms with Gasteiger partial charge in [0.15, 0.2) is 5.82 Å². The van der Waals surface area contributed by atoms with E-state index in [2.05, 4.69) is 20.8 Å². The number of tetrazole rings is 1. The molecule has 2 aromatic rings. The Morgan fingerprint density at radius 3 is 2.75 bits per heavy atom. The fourth-order valence-electron chi connectivity index (χ4n) is 2.05. The predicted octanol–water partition coefficient (Wildman–Crippen LogP) is 1.43. The Bertz CT molecular complexity index is 627. The third-order valence-electron chi connectivity index (χ3n) is 3.35. The van der Waals surface area contributed by atoms with Crippen molar-refractivity contribution in [3.05, 3.63) is 35.7 Å². The largest absolute Gasteiger partial charge is 0.486 e. The van der Waals surface area contributed by atoms with Gasteiger partial charge in [0.05, 0.1) is 0 Å². The van der Waals surface area contributed by atoms with Crippen LogP contribution in [0.1, 0.15) is 36.5 Å². The van der Waals surface area contributed by atoms with Crippen LogP contribution in [0.4, 0.5) is 0 Å². The molecule has 1 aromatic carbocycles. The number of nitrogens with one attached hydrogen (secondary N) is 1. The van der Waals surface area contributed by atoms with Crippen molar-refractivity contribution in [1.29, 1.82) is 0 Å². The van der Waals surface area contributed by atoms with Crippen LogP contribution < -0.4 is 10.1 Å². The zero-order valence-corrected chi connectivity index (χ0v) is 14.1. The van der Waals surface area contributed by atoms with E-state index in [1.54, 1.807) is 28.9 Å². The molecule has 0 saturated carbocycles. The van der Waals surface area contributed by atoms with Crippen LogP contribution >= 0.6 is 0 Å². The lowest BCUT2D eigenvalue weighted by Gasteiger charge is -2.08. The van der Waals surface area contributed by atoms with Crippen molar-refractivity contribution in [2.45, 2.75) is 33.4 Å². The number of aryl methyl sites for hydroxylation is 1. The number of amides is 1. The lowest BCUT2D eigenvalue weighted by atomic mass is 10.2. The fraction of sp³-hybridized carbons (Fsp3) is 0.500. The molecule has 0 unspecified atom stereocenters. The average molecular weight is 333 g/mol. The van der Waals surface area contributed by atoms with Crippen LogP contribution in [-0.4, -0.2) is 45.9 Å². The normalized spacial score (nSPS) is 10.6. The van der Waals surface area contributed by atoms with Gasteiger partial charge in [0, 0.05) is 31.9 Å². The second kappa shape index (κ2) is 9.61. The van der Waals surface area contributed by atoms with Gasteiger partial charge >= 0.3 is 0 Å². The molecule has 0 bridgehead atoms. The maximum atomic E-state index is 12.0. The van der Waals surface area contributed by atoms with Crippen molar-refractivity contribution in [3.63, 3.8) is 0 Å². The molecule has 8 heteroatoms. The molecule has 24 heavy (non-hydrogen) atoms. The van der Waals surface area contributed by atoms with E-state index < -0.39 is 0 Å². The van der Waals surface area contributed by atoms with E-state index in [9.17, 15) is 4.79 Å². The summed E-state index contributed by atoms with van der Waals surface area (Å²) in [5, 5.41) is 14.2. The van der Waals surface area contributed by atoms with Crippen LogP contribution in [-0.2, 0) is 17.9 Å². The number of hydrogen-bond acceptors (Lipinski definition) is 6. The second-order valence-corrected chi connectivity index (χ2v) is 5.03. The lowest BCUT2D eigenvalue weighted by molar-refractivity contribution is 0.0944. The minimum absolute atomic E-state index is 0.104. The molecule has 0 aliphatic rings. The first-order chi connectivity index (χ1) is 11.7. The van der Waals surface area contributed by atoms with Crippen molar-refractivity contribution < 1.29 is 14.3 Å². The standard InChI is InChI=1S/C16H23N5O3/c1-3-21-15(18-19-20-21)12-24-14-8-6-13(7-9-14)16(22)17-10-5-11-23-4-2/h6-9H,3-5,10-12H2,1-2H3,(H,17,22). The zero-order chi connectivity index (χ0) is 17.2. The van der Waals surface area contributed by atoms with Gasteiger partial charge in [-0.25, -0.2) is 4.68 Å². The molecule has 1 aromatic heterocycles. The van der Waals surface area contributed by atoms with E-state index in [1.807, 2.05) is 13.8 Å². The highest BCUT2D eigenvalue weighted by Gasteiger charge is 2.07. The van der Waals surface area contributed by atoms with Gasteiger partial charge in [0.25, 0.3) is 5.91 Å². The van der Waals surface area contributed by atoms with Crippen molar-refractivity contribution in [2.24, 2.45) is 0 Å². The number of carbonyl (C=O) groups excluding carboxylic acids is 1. The Kier molecular flexibility index (Phi) is 7.16. The van der Waals surface area contributed by atoms with E-state index in [0.29, 0.717) is 43.4 Å². The Morgan fingerprint density at radius 1 is 1.25 bits per heavy atom. The van der Waals surface area contributed by atoms with Gasteiger partial charge in [0.1, 0.15) is 12.4 Å². The number of hydrogen-bond donors (Lipinski definition) is 1. The maximum absolute atomic E-state index is 12.0. The summed E-state index contributed by atoms with van der Waals surface area (Å²) >= 11 is 0. The number of benzene rings is 1. The Hall–Kier alpha value is -2.48. The van der Waals surface area contributed by atoms with Gasteiger partial charge in [-0.1, -0.05) is 0 Å². The topological polar surface area (TPSA) is 91.2 Å². The highest BCUT2D eigenvalue weighted by Crippen LogP contribution is 2.13. The molecule has 0 aliphatic heterocycles. The van der Waals surface area contributed by atoms with Gasteiger partial charge in [0.2, 0.25) is 0 Å². The van der Waals surface area contributed by atoms with Gasteiger partial charge < -0.3 is 14.8 Å². The third-order valence-corrected chi connectivity index (χ3v) is 3.35. The number of ether oxygens (including phenoxy) is 2. The first-order valence-electron chi connectivity index (χ1n) is 8.08. The van der Waals surface area contributed by atoms with E-state index in [-0.39, 0.29) is 12.5 Å². The summed E-state index contributed by atoms with van der Waals surface area (Å²) in [6.07, 6.45) is 0.799. The summed E-state index contributed by atoms with van der Waals surface area (Å²) in [6, 6.07) is 6.98. The second-order valence-electron chi connectivity index (χ2n) is 5.03. The summed E-state index contributed by atoms with van der Waals surface area (Å²) < 4.78 is 12.5. The van der Waals surface area contributed by atoms with Crippen LogP contribution in [0.5, 0.6) is 5.75 Å². The number of aromatic nitrogens is 4. The molecule has 1 amide bonds. The Balaban J connectivity index is 1.78. The molecule has 0 saturated heterocycles. The summed E-state index contributed by atoms with van der Waals surface area (Å²) in [5.74, 6) is 1.22. The quantitative estimate of drug-likeness (QED) is 0.661. The molecule has 1 heterocycles. The maximum Gasteiger partial charge on any atom is 0.251 e. The number of rotatable bonds is 10. The molecule has 2 rings (SSSR count). The van der Waals surface area contributed by atoms with Crippen molar-refractivity contribution in [1.82, 2.24) is 25.5 Å². The van der Waals surface area contributed by atoms with Gasteiger partial charge in [-0.2, -0.15) is 0 Å². The minimum atomic E-state index is -0.104. The monoisotopic (exact) mass is 333 g/mol. The molecule has 0 aliphatic carbocycles. The van der Waals surface area contributed by atoms with Crippen LogP contribution in [0.3, 0.4) is 0 Å². The van der Waals surface area contributed by atoms with E-state index >= 15 is 0 Å². The molecule has 0 fully saturated rings. The summed E-state index contributed by atoms with van der Waals surface area (Å²) in [5.41, 5.74) is 0.595. The van der Waals surface area contributed by atoms with Gasteiger partial charge in [-0.15, -0.1) is 5.10 Å². The van der Waals surface area contributed by atoms with Crippen LogP contribution in [0.15, 0.2) is 24.3 Å². The fourth-order valence-corrected chi connectivity index (χ4v) is 2.05. The summed E-state index contributed by atoms with van der Waals surface area (Å²) in [4.78, 5) is 12.0. The third kappa shape index (κ3) is 5.31. The molecule has 0 radical (unpaired) electrons. The van der Waals surface area contributed by atoms with E-state index in [1.165, 1.54) is 0 Å². The molecule has 0 atom stereocenters. The van der Waals surface area contributed by atoms with Crippen LogP contribution in [0, 0.1) is 0 Å². The molecule has 8 nitrogen and oxygen atoms in total. The molecular weight excluding hydrogens is 310 g/mol. The first-order valence-corrected chi connectivity index (χ1v) is 8.08. The molecular formula is C16H23N5O3. The van der Waals surface area contributed by atoms with Crippen molar-refractivity contribution >= 4 is 5.91 Å². The molecule has 130 valence electrons. The number of carbonyl (C=O) groups is 1. The van der Waals surface area contributed by atoms with Gasteiger partial charge in [-0.3, -0.25) is 4.79 Å². The summed E-state index contributed by atoms with van der Waals surface area (Å²) in [7, 11) is 0. The summed E-state index contributed by atoms with van der Waals surface area (Å²) in [6.45, 7) is 6.82. The Morgan fingerprint density at radius 2 is 2.04 bits per heavy atom. The highest BCUT2D eigenvalue weighted by molar-refractivity contribution is 5.94. The zero-order valence-electron chi connectivity index (χ0n) is 14.1. The number of nitrogens with zero attached hydrogens (tertiary/aromatic N) is 4. The average Bonchev–Trinajstić information content (AvgIpc) is 3.07. The lowest BCUT2D eigenvalue weighted by Crippen LogP contribution is -2.25. The predicted molar refractivity (Wildman–Crippen MR) is 87.7 cm³/mol. The Labute approximate surface area is 141 Å². The van der Waals surface area contributed by atoms with Gasteiger partial charge in [-0.05, 0) is 55.0 Å². The minimum Gasteiger partial charge on any atom is -0.486 e.